The van der Waals surface area contributed by atoms with Gasteiger partial charge in [-0.15, -0.1) is 0 Å². The van der Waals surface area contributed by atoms with Crippen molar-refractivity contribution in [2.75, 3.05) is 0 Å². The second kappa shape index (κ2) is 28.9. The Morgan fingerprint density at radius 3 is 1.37 bits per heavy atom. The summed E-state index contributed by atoms with van der Waals surface area (Å²) in [6, 6.07) is 50.0. The van der Waals surface area contributed by atoms with Crippen molar-refractivity contribution in [1.29, 1.82) is 0 Å². The number of alkyl halides is 2. The van der Waals surface area contributed by atoms with Gasteiger partial charge >= 0.3 is 23.9 Å². The van der Waals surface area contributed by atoms with Gasteiger partial charge in [0.25, 0.3) is 5.92 Å². The van der Waals surface area contributed by atoms with E-state index in [-0.39, 0.29) is 57.2 Å². The maximum Gasteiger partial charge on any atom is 0.316 e. The highest BCUT2D eigenvalue weighted by molar-refractivity contribution is 7.50. The van der Waals surface area contributed by atoms with Gasteiger partial charge in [0.1, 0.15) is 39.8 Å². The van der Waals surface area contributed by atoms with Crippen LogP contribution in [-0.4, -0.2) is 57.8 Å². The van der Waals surface area contributed by atoms with Gasteiger partial charge in [-0.05, 0) is 249 Å². The van der Waals surface area contributed by atoms with E-state index in [2.05, 4.69) is 78.9 Å². The topological polar surface area (TPSA) is 144 Å². The van der Waals surface area contributed by atoms with Crippen LogP contribution < -0.4 is 14.2 Å². The molecule has 0 amide bonds. The van der Waals surface area contributed by atoms with Crippen LogP contribution in [0.25, 0.3) is 25.1 Å². The van der Waals surface area contributed by atoms with Crippen molar-refractivity contribution in [2.45, 2.75) is 210 Å². The fraction of sp³-hybridized carbons (Fsp3) is 0.487. The fourth-order valence-electron chi connectivity index (χ4n) is 11.8. The number of benzene rings is 6. The van der Waals surface area contributed by atoms with Gasteiger partial charge in [-0.2, -0.15) is 0 Å². The summed E-state index contributed by atoms with van der Waals surface area (Å²) in [5, 5.41) is 11.8. The summed E-state index contributed by atoms with van der Waals surface area (Å²) in [7, 11) is 0.0594. The SMILES string of the molecule is CCC(C)(C)C(=O)OC(c1ccc(OC(C)(C)C)cc1)c1ccc(OC(C)(C)C)cc1.CCC(C)(C)C(=O)OC12CC3CC(C1)CC(C(=O)OC(C)C(C)(F)F)(C3)C2.CCC(C)(C)C(=O)Oc1ccc(O)cc1.c1ccc(-[s+]2c3ccccc3c3ccccc32)cc1. The summed E-state index contributed by atoms with van der Waals surface area (Å²) in [4.78, 5) is 51.6. The van der Waals surface area contributed by atoms with Crippen LogP contribution in [0.2, 0.25) is 0 Å². The molecule has 4 bridgehead atoms. The number of thiophene rings is 1. The van der Waals surface area contributed by atoms with E-state index in [1.165, 1.54) is 44.1 Å². The van der Waals surface area contributed by atoms with Crippen molar-refractivity contribution < 1.29 is 61.5 Å². The van der Waals surface area contributed by atoms with E-state index < -0.39 is 51.4 Å². The van der Waals surface area contributed by atoms with E-state index >= 15 is 0 Å². The van der Waals surface area contributed by atoms with Crippen molar-refractivity contribution in [1.82, 2.24) is 0 Å². The molecule has 3 atom stereocenters. The first-order valence-corrected chi connectivity index (χ1v) is 33.7. The van der Waals surface area contributed by atoms with E-state index in [9.17, 15) is 28.0 Å². The van der Waals surface area contributed by atoms with Gasteiger partial charge in [0.15, 0.2) is 26.5 Å². The van der Waals surface area contributed by atoms with Crippen LogP contribution in [0.5, 0.6) is 23.0 Å². The molecule has 0 radical (unpaired) electrons. The van der Waals surface area contributed by atoms with Gasteiger partial charge in [0, 0.05) is 34.6 Å². The number of hydrogen-bond acceptors (Lipinski definition) is 11. The minimum atomic E-state index is -3.08. The lowest BCUT2D eigenvalue weighted by atomic mass is 9.48. The molecule has 3 unspecified atom stereocenters. The molecule has 4 aliphatic carbocycles. The molecule has 0 spiro atoms. The molecule has 14 heteroatoms. The van der Waals surface area contributed by atoms with Gasteiger partial charge in [0.05, 0.1) is 21.7 Å². The van der Waals surface area contributed by atoms with E-state index in [1.54, 1.807) is 12.1 Å². The highest BCUT2D eigenvalue weighted by atomic mass is 32.2. The largest absolute Gasteiger partial charge is 0.508 e. The van der Waals surface area contributed by atoms with Crippen LogP contribution in [0.15, 0.2) is 152 Å². The highest BCUT2D eigenvalue weighted by Gasteiger charge is 2.64. The molecule has 496 valence electrons. The number of halogens is 2. The van der Waals surface area contributed by atoms with E-state index in [0.29, 0.717) is 37.9 Å². The van der Waals surface area contributed by atoms with Crippen LogP contribution in [-0.2, 0) is 33.4 Å². The molecule has 1 heterocycles. The smallest absolute Gasteiger partial charge is 0.316 e. The zero-order chi connectivity index (χ0) is 67.8. The van der Waals surface area contributed by atoms with Crippen LogP contribution in [0.1, 0.15) is 193 Å². The molecule has 6 aromatic carbocycles. The number of hydrogen-bond donors (Lipinski definition) is 1. The van der Waals surface area contributed by atoms with Gasteiger partial charge in [-0.25, -0.2) is 8.78 Å². The molecule has 0 saturated heterocycles. The Labute approximate surface area is 547 Å². The molecule has 4 aliphatic rings. The Balaban J connectivity index is 0.000000180. The summed E-state index contributed by atoms with van der Waals surface area (Å²) >= 11 is 0. The predicted octanol–water partition coefficient (Wildman–Crippen LogP) is 20.5. The van der Waals surface area contributed by atoms with Crippen molar-refractivity contribution >= 4 is 54.5 Å². The van der Waals surface area contributed by atoms with Crippen molar-refractivity contribution in [3.05, 3.63) is 163 Å². The first-order chi connectivity index (χ1) is 42.9. The third kappa shape index (κ3) is 18.5. The molecule has 4 fully saturated rings. The van der Waals surface area contributed by atoms with Crippen LogP contribution in [0.4, 0.5) is 8.78 Å². The van der Waals surface area contributed by atoms with E-state index in [1.807, 2.05) is 152 Å². The zero-order valence-corrected chi connectivity index (χ0v) is 58.1. The lowest BCUT2D eigenvalue weighted by molar-refractivity contribution is -0.224. The number of rotatable bonds is 17. The molecule has 0 aliphatic heterocycles. The molecule has 1 N–H and O–H groups in total. The molecular weight excluding hydrogens is 1180 g/mol. The van der Waals surface area contributed by atoms with Crippen molar-refractivity contribution in [3.8, 4) is 27.9 Å². The summed E-state index contributed by atoms with van der Waals surface area (Å²) < 4.78 is 64.3. The molecule has 11 nitrogen and oxygen atoms in total. The number of aromatic hydroxyl groups is 1. The Hall–Kier alpha value is -7.32. The Morgan fingerprint density at radius 1 is 0.522 bits per heavy atom. The van der Waals surface area contributed by atoms with Gasteiger partial charge in [-0.3, -0.25) is 19.2 Å². The normalized spacial score (nSPS) is 19.0. The number of fused-ring (bicyclic) bond motifs is 3. The highest BCUT2D eigenvalue weighted by Crippen LogP contribution is 2.64. The molecule has 4 saturated carbocycles. The second-order valence-corrected chi connectivity index (χ2v) is 31.3. The predicted molar refractivity (Wildman–Crippen MR) is 365 cm³/mol. The lowest BCUT2D eigenvalue weighted by Crippen LogP contribution is -2.61. The molecule has 92 heavy (non-hydrogen) atoms. The first kappa shape index (κ1) is 72.1. The second-order valence-electron chi connectivity index (χ2n) is 29.4. The van der Waals surface area contributed by atoms with Gasteiger partial charge < -0.3 is 33.5 Å². The Morgan fingerprint density at radius 2 is 0.935 bits per heavy atom. The van der Waals surface area contributed by atoms with E-state index in [0.717, 1.165) is 55.2 Å². The molecule has 1 aromatic heterocycles. The summed E-state index contributed by atoms with van der Waals surface area (Å²) in [5.41, 5.74) is -1.80. The minimum absolute atomic E-state index is 0.0594. The summed E-state index contributed by atoms with van der Waals surface area (Å²) in [5.74, 6) is -1.57. The van der Waals surface area contributed by atoms with Crippen molar-refractivity contribution in [3.63, 3.8) is 0 Å². The summed E-state index contributed by atoms with van der Waals surface area (Å²) in [6.07, 6.45) is 4.39. The number of carbonyl (C=O) groups excluding carboxylic acids is 4. The number of carbonyl (C=O) groups is 4. The molecular formula is C78H99F2O11S+. The van der Waals surface area contributed by atoms with Crippen LogP contribution in [0, 0.1) is 33.5 Å². The number of phenolic OH excluding ortho intramolecular Hbond substituents is 1. The summed E-state index contributed by atoms with van der Waals surface area (Å²) in [6.45, 7) is 31.2. The number of phenols is 1. The third-order valence-electron chi connectivity index (χ3n) is 18.0. The monoisotopic (exact) mass is 1280 g/mol. The zero-order valence-electron chi connectivity index (χ0n) is 57.3. The number of esters is 4. The maximum atomic E-state index is 13.5. The Kier molecular flexibility index (Phi) is 22.7. The fourth-order valence-corrected chi connectivity index (χ4v) is 14.2. The van der Waals surface area contributed by atoms with Gasteiger partial charge in [-0.1, -0.05) is 87.5 Å². The molecule has 11 rings (SSSR count). The quantitative estimate of drug-likeness (QED) is 0.0403. The standard InChI is InChI=1S/C27H38O4.C21H32F2O4.C18H13S.C12H16O3/c1-10-27(8,9)24(28)29-23(19-11-15-21(16-12-19)30-25(2,3)4)20-13-17-22(18-14-20)31-26(5,6)7;1-6-18(3,4)16(24)27-21-10-14-7-15(11-21)9-20(8-14,12-21)17(25)26-13(2)19(5,22)23;1-2-8-14(9-3-1)19-17-12-6-4-10-15(17)16-11-5-7-13-18(16)19;1-4-12(2,3)11(14)15-10-7-5-9(13)6-8-10/h11-18,23H,10H2,1-9H3;13-15H,6-12H2,1-5H3;1-13H;5-8,13H,4H2,1-3H3/q;;+1;. The maximum absolute atomic E-state index is 13.5. The van der Waals surface area contributed by atoms with Crippen molar-refractivity contribution in [2.24, 2.45) is 33.5 Å². The lowest BCUT2D eigenvalue weighted by Gasteiger charge is -2.60. The Bertz CT molecular complexity index is 3480. The third-order valence-corrected chi connectivity index (χ3v) is 20.4. The van der Waals surface area contributed by atoms with Crippen LogP contribution >= 0.6 is 10.5 Å². The van der Waals surface area contributed by atoms with E-state index in [4.69, 9.17) is 33.5 Å². The van der Waals surface area contributed by atoms with Crippen LogP contribution in [0.3, 0.4) is 0 Å². The average molecular weight is 1280 g/mol. The first-order valence-electron chi connectivity index (χ1n) is 32.5. The minimum Gasteiger partial charge on any atom is -0.508 e. The average Bonchev–Trinajstić information content (AvgIpc) is 0.912. The number of ether oxygens (including phenoxy) is 6. The molecule has 7 aromatic rings. The van der Waals surface area contributed by atoms with Gasteiger partial charge in [0.2, 0.25) is 0 Å².